The molecule has 0 aliphatic heterocycles. The highest BCUT2D eigenvalue weighted by atomic mass is 15.3. The Kier molecular flexibility index (Phi) is 3.02. The molecule has 1 heterocycles. The molecule has 0 radical (unpaired) electrons. The lowest BCUT2D eigenvalue weighted by molar-refractivity contribution is 0.888. The standard InChI is InChI=1S/C16H15N3/c1-17-14-7-5-6-13(12-14)16-10-11-18-19(16)15-8-3-2-4-9-15/h2-12,17H,1H3. The predicted molar refractivity (Wildman–Crippen MR) is 78.5 cm³/mol. The highest BCUT2D eigenvalue weighted by Crippen LogP contribution is 2.24. The molecular weight excluding hydrogens is 234 g/mol. The van der Waals surface area contributed by atoms with Crippen molar-refractivity contribution >= 4 is 5.69 Å². The number of hydrogen-bond donors (Lipinski definition) is 1. The van der Waals surface area contributed by atoms with E-state index < -0.39 is 0 Å². The van der Waals surface area contributed by atoms with E-state index >= 15 is 0 Å². The van der Waals surface area contributed by atoms with E-state index in [2.05, 4.69) is 34.7 Å². The van der Waals surface area contributed by atoms with Gasteiger partial charge in [-0.25, -0.2) is 4.68 Å². The zero-order chi connectivity index (χ0) is 13.1. The summed E-state index contributed by atoms with van der Waals surface area (Å²) in [6.07, 6.45) is 1.83. The second-order valence-corrected chi connectivity index (χ2v) is 4.29. The van der Waals surface area contributed by atoms with Gasteiger partial charge >= 0.3 is 0 Å². The van der Waals surface area contributed by atoms with Crippen LogP contribution in [0, 0.1) is 0 Å². The molecule has 0 aliphatic carbocycles. The van der Waals surface area contributed by atoms with Crippen molar-refractivity contribution in [3.8, 4) is 16.9 Å². The molecule has 3 nitrogen and oxygen atoms in total. The molecule has 1 aromatic heterocycles. The van der Waals surface area contributed by atoms with Gasteiger partial charge in [0.15, 0.2) is 0 Å². The molecule has 0 saturated heterocycles. The minimum Gasteiger partial charge on any atom is -0.388 e. The van der Waals surface area contributed by atoms with Crippen molar-refractivity contribution in [1.29, 1.82) is 0 Å². The number of aromatic nitrogens is 2. The molecule has 3 aromatic rings. The van der Waals surface area contributed by atoms with Gasteiger partial charge in [0.1, 0.15) is 0 Å². The van der Waals surface area contributed by atoms with Gasteiger partial charge in [0, 0.05) is 18.3 Å². The molecule has 0 spiro atoms. The normalized spacial score (nSPS) is 10.4. The molecule has 94 valence electrons. The lowest BCUT2D eigenvalue weighted by Crippen LogP contribution is -1.98. The van der Waals surface area contributed by atoms with Crippen LogP contribution in [0.15, 0.2) is 66.9 Å². The molecule has 0 unspecified atom stereocenters. The molecule has 0 fully saturated rings. The largest absolute Gasteiger partial charge is 0.388 e. The number of hydrogen-bond acceptors (Lipinski definition) is 2. The summed E-state index contributed by atoms with van der Waals surface area (Å²) in [5, 5.41) is 7.57. The SMILES string of the molecule is CNc1cccc(-c2ccnn2-c2ccccc2)c1. The Morgan fingerprint density at radius 1 is 0.947 bits per heavy atom. The van der Waals surface area contributed by atoms with Crippen molar-refractivity contribution in [3.05, 3.63) is 66.9 Å². The topological polar surface area (TPSA) is 29.9 Å². The summed E-state index contributed by atoms with van der Waals surface area (Å²) in [4.78, 5) is 0. The van der Waals surface area contributed by atoms with E-state index in [9.17, 15) is 0 Å². The average Bonchev–Trinajstić information content (AvgIpc) is 2.98. The molecule has 3 heteroatoms. The van der Waals surface area contributed by atoms with Gasteiger partial charge in [0.25, 0.3) is 0 Å². The minimum absolute atomic E-state index is 1.07. The van der Waals surface area contributed by atoms with Crippen LogP contribution in [0.3, 0.4) is 0 Å². The van der Waals surface area contributed by atoms with Crippen molar-refractivity contribution in [2.75, 3.05) is 12.4 Å². The Morgan fingerprint density at radius 2 is 1.79 bits per heavy atom. The number of benzene rings is 2. The smallest absolute Gasteiger partial charge is 0.0741 e. The second kappa shape index (κ2) is 4.98. The van der Waals surface area contributed by atoms with Gasteiger partial charge in [-0.15, -0.1) is 0 Å². The van der Waals surface area contributed by atoms with Crippen LogP contribution in [0.2, 0.25) is 0 Å². The first-order valence-corrected chi connectivity index (χ1v) is 6.26. The van der Waals surface area contributed by atoms with Crippen LogP contribution in [-0.4, -0.2) is 16.8 Å². The van der Waals surface area contributed by atoms with Crippen molar-refractivity contribution in [3.63, 3.8) is 0 Å². The Hall–Kier alpha value is -2.55. The van der Waals surface area contributed by atoms with Crippen molar-refractivity contribution in [2.45, 2.75) is 0 Å². The maximum atomic E-state index is 4.41. The summed E-state index contributed by atoms with van der Waals surface area (Å²) in [5.74, 6) is 0. The molecular formula is C16H15N3. The molecule has 1 N–H and O–H groups in total. The molecule has 2 aromatic carbocycles. The van der Waals surface area contributed by atoms with Crippen LogP contribution in [-0.2, 0) is 0 Å². The molecule has 0 atom stereocenters. The number of anilines is 1. The van der Waals surface area contributed by atoms with E-state index in [4.69, 9.17) is 0 Å². The van der Waals surface area contributed by atoms with Crippen LogP contribution >= 0.6 is 0 Å². The lowest BCUT2D eigenvalue weighted by Gasteiger charge is -2.09. The summed E-state index contributed by atoms with van der Waals surface area (Å²) in [5.41, 5.74) is 4.40. The first kappa shape index (κ1) is 11.5. The van der Waals surface area contributed by atoms with Gasteiger partial charge in [-0.2, -0.15) is 5.10 Å². The summed E-state index contributed by atoms with van der Waals surface area (Å²) < 4.78 is 1.95. The first-order valence-electron chi connectivity index (χ1n) is 6.26. The van der Waals surface area contributed by atoms with E-state index in [1.165, 1.54) is 0 Å². The zero-order valence-electron chi connectivity index (χ0n) is 10.7. The number of nitrogens with zero attached hydrogens (tertiary/aromatic N) is 2. The summed E-state index contributed by atoms with van der Waals surface area (Å²) >= 11 is 0. The quantitative estimate of drug-likeness (QED) is 0.769. The summed E-state index contributed by atoms with van der Waals surface area (Å²) in [7, 11) is 1.92. The van der Waals surface area contributed by atoms with Gasteiger partial charge < -0.3 is 5.32 Å². The van der Waals surface area contributed by atoms with E-state index in [1.807, 2.05) is 54.3 Å². The molecule has 0 aliphatic rings. The van der Waals surface area contributed by atoms with Crippen LogP contribution in [0.5, 0.6) is 0 Å². The van der Waals surface area contributed by atoms with Crippen molar-refractivity contribution < 1.29 is 0 Å². The van der Waals surface area contributed by atoms with E-state index in [1.54, 1.807) is 0 Å². The average molecular weight is 249 g/mol. The van der Waals surface area contributed by atoms with Crippen LogP contribution < -0.4 is 5.32 Å². The van der Waals surface area contributed by atoms with E-state index in [-0.39, 0.29) is 0 Å². The number of nitrogens with one attached hydrogen (secondary N) is 1. The van der Waals surface area contributed by atoms with Gasteiger partial charge in [0.2, 0.25) is 0 Å². The molecule has 0 saturated carbocycles. The Bertz CT molecular complexity index is 671. The fraction of sp³-hybridized carbons (Fsp3) is 0.0625. The van der Waals surface area contributed by atoms with Crippen molar-refractivity contribution in [1.82, 2.24) is 9.78 Å². The van der Waals surface area contributed by atoms with Gasteiger partial charge in [-0.3, -0.25) is 0 Å². The van der Waals surface area contributed by atoms with Crippen LogP contribution in [0.25, 0.3) is 16.9 Å². The van der Waals surface area contributed by atoms with Crippen LogP contribution in [0.1, 0.15) is 0 Å². The highest BCUT2D eigenvalue weighted by molar-refractivity contribution is 5.66. The number of rotatable bonds is 3. The molecule has 0 bridgehead atoms. The third-order valence-corrected chi connectivity index (χ3v) is 3.09. The highest BCUT2D eigenvalue weighted by Gasteiger charge is 2.07. The molecule has 19 heavy (non-hydrogen) atoms. The molecule has 3 rings (SSSR count). The second-order valence-electron chi connectivity index (χ2n) is 4.29. The Labute approximate surface area is 112 Å². The van der Waals surface area contributed by atoms with Gasteiger partial charge in [0.05, 0.1) is 17.6 Å². The van der Waals surface area contributed by atoms with E-state index in [0.717, 1.165) is 22.6 Å². The Balaban J connectivity index is 2.09. The predicted octanol–water partition coefficient (Wildman–Crippen LogP) is 3.58. The summed E-state index contributed by atoms with van der Waals surface area (Å²) in [6.45, 7) is 0. The third-order valence-electron chi connectivity index (χ3n) is 3.09. The minimum atomic E-state index is 1.07. The third kappa shape index (κ3) is 2.22. The maximum absolute atomic E-state index is 4.41. The fourth-order valence-electron chi connectivity index (χ4n) is 2.13. The first-order chi connectivity index (χ1) is 9.38. The fourth-order valence-corrected chi connectivity index (χ4v) is 2.13. The van der Waals surface area contributed by atoms with E-state index in [0.29, 0.717) is 0 Å². The maximum Gasteiger partial charge on any atom is 0.0741 e. The van der Waals surface area contributed by atoms with Crippen LogP contribution in [0.4, 0.5) is 5.69 Å². The summed E-state index contributed by atoms with van der Waals surface area (Å²) in [6, 6.07) is 20.5. The monoisotopic (exact) mass is 249 g/mol. The zero-order valence-corrected chi connectivity index (χ0v) is 10.7. The van der Waals surface area contributed by atoms with Gasteiger partial charge in [-0.05, 0) is 30.3 Å². The lowest BCUT2D eigenvalue weighted by atomic mass is 10.1. The van der Waals surface area contributed by atoms with Crippen molar-refractivity contribution in [2.24, 2.45) is 0 Å². The Morgan fingerprint density at radius 3 is 2.58 bits per heavy atom. The number of para-hydroxylation sites is 1. The molecule has 0 amide bonds. The van der Waals surface area contributed by atoms with Gasteiger partial charge in [-0.1, -0.05) is 30.3 Å².